The number of rotatable bonds is 4. The SMILES string of the molecule is CN(C)C1C=C(NC(=N)NC2CCCCC2)C(O)C2C(=O)C3C(O)[C@]4(C)C(=O)C(C(N)=O)=C(O)C[C@@H]4C[C@@H]3CC21. The number of aliphatic hydroxyl groups excluding tert-OH is 3. The smallest absolute Gasteiger partial charge is 0.255 e. The fourth-order valence-corrected chi connectivity index (χ4v) is 8.41. The molecular weight excluding hydrogens is 514 g/mol. The molecule has 11 heteroatoms. The maximum Gasteiger partial charge on any atom is 0.255 e. The van der Waals surface area contributed by atoms with Gasteiger partial charge < -0.3 is 36.6 Å². The van der Waals surface area contributed by atoms with Crippen LogP contribution in [0.3, 0.4) is 0 Å². The summed E-state index contributed by atoms with van der Waals surface area (Å²) >= 11 is 0. The first kappa shape index (κ1) is 28.8. The summed E-state index contributed by atoms with van der Waals surface area (Å²) in [6, 6.07) is -0.00100. The van der Waals surface area contributed by atoms with Gasteiger partial charge in [0.1, 0.15) is 23.2 Å². The number of nitrogens with one attached hydrogen (secondary N) is 3. The van der Waals surface area contributed by atoms with E-state index in [1.165, 1.54) is 6.42 Å². The molecule has 6 unspecified atom stereocenters. The number of guanidine groups is 1. The molecule has 11 nitrogen and oxygen atoms in total. The average molecular weight is 558 g/mol. The van der Waals surface area contributed by atoms with Crippen LogP contribution in [-0.4, -0.2) is 82.0 Å². The number of allylic oxidation sites excluding steroid dienone is 1. The molecule has 0 aromatic carbocycles. The maximum absolute atomic E-state index is 14.2. The van der Waals surface area contributed by atoms with Gasteiger partial charge in [0.2, 0.25) is 0 Å². The first-order valence-electron chi connectivity index (χ1n) is 14.5. The highest BCUT2D eigenvalue weighted by Gasteiger charge is 2.64. The quantitative estimate of drug-likeness (QED) is 0.148. The molecule has 5 aliphatic rings. The number of hydrogen-bond donors (Lipinski definition) is 7. The number of nitrogens with zero attached hydrogens (tertiary/aromatic N) is 1. The Hall–Kier alpha value is -2.76. The van der Waals surface area contributed by atoms with Gasteiger partial charge in [0.25, 0.3) is 5.91 Å². The van der Waals surface area contributed by atoms with E-state index in [4.69, 9.17) is 11.1 Å². The van der Waals surface area contributed by atoms with Crippen molar-refractivity contribution in [2.75, 3.05) is 14.1 Å². The minimum Gasteiger partial charge on any atom is -0.511 e. The number of ketones is 2. The summed E-state index contributed by atoms with van der Waals surface area (Å²) in [5, 5.41) is 48.4. The number of carbonyl (C=O) groups excluding carboxylic acids is 3. The van der Waals surface area contributed by atoms with Crippen LogP contribution in [0.25, 0.3) is 0 Å². The fraction of sp³-hybridized carbons (Fsp3) is 0.724. The maximum atomic E-state index is 14.2. The Balaban J connectivity index is 1.43. The van der Waals surface area contributed by atoms with Crippen molar-refractivity contribution in [2.24, 2.45) is 40.7 Å². The van der Waals surface area contributed by atoms with E-state index < -0.39 is 52.6 Å². The standard InChI is InChI=1S/C29H43N5O6/c1-29-14(11-19(35)22(26(29)39)27(30)40)9-13-10-16-18(34(2)3)12-17(23(36)21(16)24(37)20(13)25(29)38)33-28(31)32-15-7-5-4-6-8-15/h12-16,18,20-21,23,25,35-36,38H,4-11H2,1-3H3,(H2,30,40)(H3,31,32,33)/t13-,14+,16?,18?,20?,21?,23?,25?,29-/m1/s1. The zero-order valence-electron chi connectivity index (χ0n) is 23.5. The largest absolute Gasteiger partial charge is 0.511 e. The number of aliphatic hydroxyl groups is 3. The normalized spacial score (nSPS) is 40.1. The van der Waals surface area contributed by atoms with E-state index in [0.717, 1.165) is 25.7 Å². The van der Waals surface area contributed by atoms with Gasteiger partial charge in [-0.05, 0) is 70.5 Å². The van der Waals surface area contributed by atoms with Crippen molar-refractivity contribution >= 4 is 23.4 Å². The number of carbonyl (C=O) groups is 3. The van der Waals surface area contributed by atoms with Gasteiger partial charge in [-0.3, -0.25) is 19.8 Å². The Bertz CT molecular complexity index is 1160. The lowest BCUT2D eigenvalue weighted by atomic mass is 9.47. The molecule has 1 amide bonds. The second-order valence-electron chi connectivity index (χ2n) is 13.0. The van der Waals surface area contributed by atoms with Gasteiger partial charge in [-0.1, -0.05) is 19.3 Å². The van der Waals surface area contributed by atoms with Gasteiger partial charge in [-0.25, -0.2) is 0 Å². The van der Waals surface area contributed by atoms with Crippen LogP contribution >= 0.6 is 0 Å². The number of primary amides is 1. The Morgan fingerprint density at radius 1 is 1.12 bits per heavy atom. The number of likely N-dealkylation sites (N-methyl/N-ethyl adjacent to an activating group) is 1. The first-order chi connectivity index (χ1) is 18.9. The Morgan fingerprint density at radius 2 is 1.80 bits per heavy atom. The van der Waals surface area contributed by atoms with Crippen LogP contribution in [0.15, 0.2) is 23.1 Å². The molecule has 0 radical (unpaired) electrons. The van der Waals surface area contributed by atoms with Crippen molar-refractivity contribution in [3.8, 4) is 0 Å². The Labute approximate surface area is 234 Å². The zero-order valence-corrected chi connectivity index (χ0v) is 23.5. The number of amides is 1. The predicted molar refractivity (Wildman–Crippen MR) is 147 cm³/mol. The third-order valence-corrected chi connectivity index (χ3v) is 10.5. The highest BCUT2D eigenvalue weighted by atomic mass is 16.3. The van der Waals surface area contributed by atoms with Gasteiger partial charge >= 0.3 is 0 Å². The molecule has 0 aromatic rings. The van der Waals surface area contributed by atoms with Gasteiger partial charge in [0.05, 0.1) is 17.4 Å². The molecule has 40 heavy (non-hydrogen) atoms. The molecule has 9 atom stereocenters. The van der Waals surface area contributed by atoms with E-state index in [1.54, 1.807) is 6.92 Å². The van der Waals surface area contributed by atoms with Gasteiger partial charge in [0.15, 0.2) is 11.7 Å². The fourth-order valence-electron chi connectivity index (χ4n) is 8.41. The summed E-state index contributed by atoms with van der Waals surface area (Å²) in [5.74, 6) is -5.02. The monoisotopic (exact) mass is 557 g/mol. The van der Waals surface area contributed by atoms with E-state index in [2.05, 4.69) is 10.6 Å². The number of hydrogen-bond acceptors (Lipinski definition) is 8. The summed E-state index contributed by atoms with van der Waals surface area (Å²) < 4.78 is 0. The summed E-state index contributed by atoms with van der Waals surface area (Å²) in [6.07, 6.45) is 5.71. The van der Waals surface area contributed by atoms with Crippen molar-refractivity contribution in [3.05, 3.63) is 23.1 Å². The highest BCUT2D eigenvalue weighted by Crippen LogP contribution is 2.58. The lowest BCUT2D eigenvalue weighted by Crippen LogP contribution is -2.65. The van der Waals surface area contributed by atoms with Gasteiger partial charge in [-0.15, -0.1) is 0 Å². The molecule has 3 fully saturated rings. The van der Waals surface area contributed by atoms with Gasteiger partial charge in [-0.2, -0.15) is 0 Å². The minimum atomic E-state index is -1.45. The average Bonchev–Trinajstić information content (AvgIpc) is 2.88. The molecule has 0 aliphatic heterocycles. The van der Waals surface area contributed by atoms with Crippen molar-refractivity contribution in [1.82, 2.24) is 15.5 Å². The topological polar surface area (TPSA) is 189 Å². The molecule has 0 aromatic heterocycles. The highest BCUT2D eigenvalue weighted by molar-refractivity contribution is 6.22. The summed E-state index contributed by atoms with van der Waals surface area (Å²) in [5.41, 5.74) is 3.82. The van der Waals surface area contributed by atoms with E-state index >= 15 is 0 Å². The molecule has 5 aliphatic carbocycles. The molecule has 0 saturated heterocycles. The Morgan fingerprint density at radius 3 is 2.42 bits per heavy atom. The van der Waals surface area contributed by atoms with E-state index in [0.29, 0.717) is 18.5 Å². The summed E-state index contributed by atoms with van der Waals surface area (Å²) in [7, 11) is 3.83. The lowest BCUT2D eigenvalue weighted by Gasteiger charge is -2.57. The summed E-state index contributed by atoms with van der Waals surface area (Å²) in [6.45, 7) is 1.56. The third-order valence-electron chi connectivity index (χ3n) is 10.5. The molecular formula is C29H43N5O6. The van der Waals surface area contributed by atoms with Crippen molar-refractivity contribution in [1.29, 1.82) is 5.41 Å². The number of fused-ring (bicyclic) bond motifs is 3. The van der Waals surface area contributed by atoms with Crippen LogP contribution in [0, 0.1) is 40.4 Å². The molecule has 0 heterocycles. The second-order valence-corrected chi connectivity index (χ2v) is 13.0. The van der Waals surface area contributed by atoms with E-state index in [1.807, 2.05) is 25.1 Å². The number of nitrogens with two attached hydrogens (primary N) is 1. The van der Waals surface area contributed by atoms with Crippen LogP contribution in [0.1, 0.15) is 58.3 Å². The predicted octanol–water partition coefficient (Wildman–Crippen LogP) is 0.717. The van der Waals surface area contributed by atoms with Crippen LogP contribution in [0.4, 0.5) is 0 Å². The second kappa shape index (κ2) is 10.6. The molecule has 0 spiro atoms. The van der Waals surface area contributed by atoms with Crippen LogP contribution in [-0.2, 0) is 14.4 Å². The summed E-state index contributed by atoms with van der Waals surface area (Å²) in [4.78, 5) is 41.6. The first-order valence-corrected chi connectivity index (χ1v) is 14.5. The van der Waals surface area contributed by atoms with E-state index in [-0.39, 0.29) is 47.8 Å². The lowest BCUT2D eigenvalue weighted by molar-refractivity contribution is -0.174. The molecule has 8 N–H and O–H groups in total. The molecule has 5 rings (SSSR count). The van der Waals surface area contributed by atoms with Crippen LogP contribution in [0.2, 0.25) is 0 Å². The molecule has 220 valence electrons. The minimum absolute atomic E-state index is 0.0346. The van der Waals surface area contributed by atoms with E-state index in [9.17, 15) is 29.7 Å². The number of Topliss-reactive ketones (excluding diaryl/α,β-unsaturated/α-hetero) is 2. The van der Waals surface area contributed by atoms with Crippen LogP contribution < -0.4 is 16.4 Å². The Kier molecular flexibility index (Phi) is 7.60. The van der Waals surface area contributed by atoms with Crippen molar-refractivity contribution < 1.29 is 29.7 Å². The zero-order chi connectivity index (χ0) is 29.1. The van der Waals surface area contributed by atoms with Crippen molar-refractivity contribution in [2.45, 2.75) is 82.6 Å². The molecule has 0 bridgehead atoms. The van der Waals surface area contributed by atoms with Crippen molar-refractivity contribution in [3.63, 3.8) is 0 Å². The third kappa shape index (κ3) is 4.55. The van der Waals surface area contributed by atoms with Crippen LogP contribution in [0.5, 0.6) is 0 Å². The molecule has 3 saturated carbocycles. The van der Waals surface area contributed by atoms with Gasteiger partial charge in [0, 0.05) is 30.1 Å².